The molecule has 0 unspecified atom stereocenters. The van der Waals surface area contributed by atoms with Gasteiger partial charge in [0.05, 0.1) is 6.61 Å². The van der Waals surface area contributed by atoms with Crippen LogP contribution in [0.4, 0.5) is 5.69 Å². The Balaban J connectivity index is 2.18. The first-order valence-corrected chi connectivity index (χ1v) is 7.30. The van der Waals surface area contributed by atoms with E-state index < -0.39 is 0 Å². The first-order chi connectivity index (χ1) is 9.63. The number of methoxy groups -OCH3 is 1. The molecule has 0 atom stereocenters. The number of nitrogens with zero attached hydrogens (tertiary/aromatic N) is 1. The second-order valence-electron chi connectivity index (χ2n) is 5.49. The topological polar surface area (TPSA) is 41.6 Å². The van der Waals surface area contributed by atoms with Crippen LogP contribution >= 0.6 is 0 Å². The minimum absolute atomic E-state index is 0.0884. The van der Waals surface area contributed by atoms with Gasteiger partial charge in [-0.25, -0.2) is 0 Å². The molecule has 0 fully saturated rings. The number of rotatable bonds is 5. The molecule has 1 amide bonds. The normalized spacial score (nSPS) is 13.8. The van der Waals surface area contributed by atoms with Crippen LogP contribution in [0.3, 0.4) is 0 Å². The van der Waals surface area contributed by atoms with Gasteiger partial charge in [0.15, 0.2) is 0 Å². The van der Waals surface area contributed by atoms with Crippen LogP contribution in [0.25, 0.3) is 0 Å². The van der Waals surface area contributed by atoms with E-state index in [1.165, 1.54) is 11.3 Å². The fourth-order valence-electron chi connectivity index (χ4n) is 2.56. The van der Waals surface area contributed by atoms with Crippen LogP contribution in [-0.2, 0) is 11.2 Å². The van der Waals surface area contributed by atoms with E-state index >= 15 is 0 Å². The van der Waals surface area contributed by atoms with Gasteiger partial charge in [0.2, 0.25) is 0 Å². The van der Waals surface area contributed by atoms with E-state index in [1.807, 2.05) is 36.9 Å². The number of fused-ring (bicyclic) bond motifs is 1. The molecule has 1 aromatic carbocycles. The van der Waals surface area contributed by atoms with Crippen LogP contribution in [0, 0.1) is 0 Å². The van der Waals surface area contributed by atoms with Crippen molar-refractivity contribution < 1.29 is 9.53 Å². The Labute approximate surface area is 121 Å². The van der Waals surface area contributed by atoms with Gasteiger partial charge in [-0.15, -0.1) is 0 Å². The van der Waals surface area contributed by atoms with Crippen molar-refractivity contribution in [3.8, 4) is 0 Å². The Morgan fingerprint density at radius 1 is 1.45 bits per heavy atom. The molecule has 1 aromatic rings. The van der Waals surface area contributed by atoms with Crippen LogP contribution in [0.1, 0.15) is 36.2 Å². The van der Waals surface area contributed by atoms with Crippen LogP contribution in [0.2, 0.25) is 0 Å². The molecule has 0 aliphatic carbocycles. The van der Waals surface area contributed by atoms with Crippen molar-refractivity contribution in [3.63, 3.8) is 0 Å². The summed E-state index contributed by atoms with van der Waals surface area (Å²) in [7, 11) is 1.66. The van der Waals surface area contributed by atoms with Gasteiger partial charge in [-0.1, -0.05) is 0 Å². The van der Waals surface area contributed by atoms with Crippen LogP contribution in [0.5, 0.6) is 0 Å². The first-order valence-electron chi connectivity index (χ1n) is 7.30. The highest BCUT2D eigenvalue weighted by Crippen LogP contribution is 2.23. The van der Waals surface area contributed by atoms with E-state index in [4.69, 9.17) is 4.74 Å². The largest absolute Gasteiger partial charge is 0.385 e. The standard InChI is InChI=1S/C16H24N2O2/c1-12(2)18(9-10-20-3)16(19)14-6-7-15-13(11-14)5-4-8-17-15/h6-7,11-12,17H,4-5,8-10H2,1-3H3. The minimum atomic E-state index is 0.0884. The first kappa shape index (κ1) is 14.9. The van der Waals surface area contributed by atoms with Crippen molar-refractivity contribution in [3.05, 3.63) is 29.3 Å². The SMILES string of the molecule is COCCN(C(=O)c1ccc2c(c1)CCCN2)C(C)C. The maximum Gasteiger partial charge on any atom is 0.254 e. The van der Waals surface area contributed by atoms with Crippen molar-refractivity contribution in [2.75, 3.05) is 32.1 Å². The van der Waals surface area contributed by atoms with E-state index in [0.717, 1.165) is 24.9 Å². The van der Waals surface area contributed by atoms with Gasteiger partial charge in [0, 0.05) is 37.5 Å². The number of hydrogen-bond acceptors (Lipinski definition) is 3. The summed E-state index contributed by atoms with van der Waals surface area (Å²) in [6.07, 6.45) is 2.17. The lowest BCUT2D eigenvalue weighted by atomic mass is 10.00. The predicted molar refractivity (Wildman–Crippen MR) is 81.3 cm³/mol. The summed E-state index contributed by atoms with van der Waals surface area (Å²) >= 11 is 0. The zero-order valence-electron chi connectivity index (χ0n) is 12.6. The van der Waals surface area contributed by atoms with Gasteiger partial charge in [0.1, 0.15) is 0 Å². The number of carbonyl (C=O) groups excluding carboxylic acids is 1. The number of carbonyl (C=O) groups is 1. The fraction of sp³-hybridized carbons (Fsp3) is 0.562. The number of amides is 1. The Morgan fingerprint density at radius 3 is 2.95 bits per heavy atom. The van der Waals surface area contributed by atoms with E-state index in [1.54, 1.807) is 7.11 Å². The van der Waals surface area contributed by atoms with Gasteiger partial charge >= 0.3 is 0 Å². The predicted octanol–water partition coefficient (Wildman–Crippen LogP) is 2.54. The monoisotopic (exact) mass is 276 g/mol. The molecule has 0 saturated carbocycles. The number of benzene rings is 1. The molecule has 2 rings (SSSR count). The second kappa shape index (κ2) is 6.75. The van der Waals surface area contributed by atoms with Crippen LogP contribution < -0.4 is 5.32 Å². The van der Waals surface area contributed by atoms with Gasteiger partial charge in [-0.3, -0.25) is 4.79 Å². The highest BCUT2D eigenvalue weighted by atomic mass is 16.5. The number of ether oxygens (including phenoxy) is 1. The maximum atomic E-state index is 12.6. The van der Waals surface area contributed by atoms with Crippen LogP contribution in [0.15, 0.2) is 18.2 Å². The van der Waals surface area contributed by atoms with Gasteiger partial charge in [0.25, 0.3) is 5.91 Å². The summed E-state index contributed by atoms with van der Waals surface area (Å²) in [5.41, 5.74) is 3.19. The van der Waals surface area contributed by atoms with E-state index in [0.29, 0.717) is 13.2 Å². The minimum Gasteiger partial charge on any atom is -0.385 e. The van der Waals surface area contributed by atoms with Gasteiger partial charge in [-0.05, 0) is 50.5 Å². The molecule has 4 nitrogen and oxygen atoms in total. The molecule has 1 N–H and O–H groups in total. The molecule has 20 heavy (non-hydrogen) atoms. The van der Waals surface area contributed by atoms with Crippen LogP contribution in [-0.4, -0.2) is 43.7 Å². The molecule has 0 spiro atoms. The Hall–Kier alpha value is -1.55. The summed E-state index contributed by atoms with van der Waals surface area (Å²) in [6.45, 7) is 6.28. The molecule has 1 aliphatic heterocycles. The van der Waals surface area contributed by atoms with Gasteiger partial charge < -0.3 is 15.0 Å². The summed E-state index contributed by atoms with van der Waals surface area (Å²) in [4.78, 5) is 14.5. The summed E-state index contributed by atoms with van der Waals surface area (Å²) < 4.78 is 5.10. The molecular weight excluding hydrogens is 252 g/mol. The quantitative estimate of drug-likeness (QED) is 0.898. The van der Waals surface area contributed by atoms with Crippen molar-refractivity contribution in [1.82, 2.24) is 4.90 Å². The molecule has 0 bridgehead atoms. The average molecular weight is 276 g/mol. The van der Waals surface area contributed by atoms with Crippen molar-refractivity contribution in [2.24, 2.45) is 0 Å². The molecule has 0 radical (unpaired) electrons. The van der Waals surface area contributed by atoms with Crippen molar-refractivity contribution in [1.29, 1.82) is 0 Å². The Kier molecular flexibility index (Phi) is 5.01. The van der Waals surface area contributed by atoms with E-state index in [2.05, 4.69) is 5.32 Å². The number of aryl methyl sites for hydroxylation is 1. The molecule has 110 valence electrons. The number of hydrogen-bond donors (Lipinski definition) is 1. The summed E-state index contributed by atoms with van der Waals surface area (Å²) in [6, 6.07) is 6.15. The molecular formula is C16H24N2O2. The highest BCUT2D eigenvalue weighted by Gasteiger charge is 2.20. The summed E-state index contributed by atoms with van der Waals surface area (Å²) in [5, 5.41) is 3.37. The Bertz CT molecular complexity index is 472. The lowest BCUT2D eigenvalue weighted by Gasteiger charge is -2.27. The van der Waals surface area contributed by atoms with Crippen molar-refractivity contribution >= 4 is 11.6 Å². The highest BCUT2D eigenvalue weighted by molar-refractivity contribution is 5.95. The van der Waals surface area contributed by atoms with Gasteiger partial charge in [-0.2, -0.15) is 0 Å². The smallest absolute Gasteiger partial charge is 0.254 e. The molecule has 1 heterocycles. The zero-order chi connectivity index (χ0) is 14.5. The molecule has 0 aromatic heterocycles. The zero-order valence-corrected chi connectivity index (χ0v) is 12.6. The lowest BCUT2D eigenvalue weighted by Crippen LogP contribution is -2.39. The summed E-state index contributed by atoms with van der Waals surface area (Å²) in [5.74, 6) is 0.0884. The third-order valence-electron chi connectivity index (χ3n) is 3.71. The number of nitrogens with one attached hydrogen (secondary N) is 1. The number of anilines is 1. The Morgan fingerprint density at radius 2 is 2.25 bits per heavy atom. The third-order valence-corrected chi connectivity index (χ3v) is 3.71. The molecule has 1 aliphatic rings. The van der Waals surface area contributed by atoms with E-state index in [9.17, 15) is 4.79 Å². The maximum absolute atomic E-state index is 12.6. The van der Waals surface area contributed by atoms with E-state index in [-0.39, 0.29) is 11.9 Å². The second-order valence-corrected chi connectivity index (χ2v) is 5.49. The molecule has 0 saturated heterocycles. The third kappa shape index (κ3) is 3.31. The molecule has 4 heteroatoms. The average Bonchev–Trinajstić information content (AvgIpc) is 2.46. The lowest BCUT2D eigenvalue weighted by molar-refractivity contribution is 0.0635. The van der Waals surface area contributed by atoms with Crippen molar-refractivity contribution in [2.45, 2.75) is 32.7 Å². The fourth-order valence-corrected chi connectivity index (χ4v) is 2.56.